The van der Waals surface area contributed by atoms with Crippen LogP contribution < -0.4 is 10.6 Å². The molecule has 2 N–H and O–H groups in total. The van der Waals surface area contributed by atoms with E-state index in [2.05, 4.69) is 29.5 Å². The number of amides is 3. The number of hydrogen-bond acceptors (Lipinski definition) is 4. The van der Waals surface area contributed by atoms with Crippen LogP contribution in [-0.4, -0.2) is 34.9 Å². The van der Waals surface area contributed by atoms with Gasteiger partial charge < -0.3 is 15.5 Å². The monoisotopic (exact) mass is 372 g/mol. The highest BCUT2D eigenvalue weighted by Gasteiger charge is 2.29. The molecule has 6 nitrogen and oxygen atoms in total. The van der Waals surface area contributed by atoms with Gasteiger partial charge in [-0.15, -0.1) is 11.3 Å². The molecule has 1 aromatic heterocycles. The Labute approximate surface area is 157 Å². The van der Waals surface area contributed by atoms with Crippen LogP contribution in [-0.2, 0) is 4.79 Å². The Kier molecular flexibility index (Phi) is 5.88. The molecular formula is C19H24N4O2S. The zero-order valence-corrected chi connectivity index (χ0v) is 15.9. The van der Waals surface area contributed by atoms with Gasteiger partial charge >= 0.3 is 6.03 Å². The number of hydrogen-bond donors (Lipinski definition) is 2. The molecule has 7 heteroatoms. The molecule has 0 unspecified atom stereocenters. The van der Waals surface area contributed by atoms with E-state index in [1.54, 1.807) is 4.90 Å². The second-order valence-corrected chi connectivity index (χ2v) is 7.86. The first-order chi connectivity index (χ1) is 12.5. The number of thiazole rings is 1. The molecule has 1 aliphatic heterocycles. The van der Waals surface area contributed by atoms with Crippen molar-refractivity contribution in [2.45, 2.75) is 32.6 Å². The molecule has 0 spiro atoms. The predicted molar refractivity (Wildman–Crippen MR) is 105 cm³/mol. The summed E-state index contributed by atoms with van der Waals surface area (Å²) in [6, 6.07) is 9.19. The number of benzene rings is 1. The summed E-state index contributed by atoms with van der Waals surface area (Å²) in [5.41, 5.74) is 0.757. The van der Waals surface area contributed by atoms with Crippen molar-refractivity contribution in [3.05, 3.63) is 41.4 Å². The minimum Gasteiger partial charge on any atom is -0.324 e. The Morgan fingerprint density at radius 2 is 2.00 bits per heavy atom. The first-order valence-electron chi connectivity index (χ1n) is 8.90. The fourth-order valence-electron chi connectivity index (χ4n) is 2.92. The molecule has 1 fully saturated rings. The fraction of sp³-hybridized carbons (Fsp3) is 0.421. The molecule has 0 saturated carbocycles. The molecular weight excluding hydrogens is 348 g/mol. The van der Waals surface area contributed by atoms with E-state index in [-0.39, 0.29) is 17.9 Å². The number of aromatic nitrogens is 1. The number of carbonyl (C=O) groups excluding carboxylic acids is 2. The number of likely N-dealkylation sites (tertiary alicyclic amines) is 1. The third-order valence-corrected chi connectivity index (χ3v) is 5.64. The van der Waals surface area contributed by atoms with Gasteiger partial charge in [0.25, 0.3) is 0 Å². The van der Waals surface area contributed by atoms with Crippen molar-refractivity contribution in [2.24, 2.45) is 5.92 Å². The Balaban J connectivity index is 1.56. The van der Waals surface area contributed by atoms with Crippen LogP contribution in [0.5, 0.6) is 0 Å². The Bertz CT molecular complexity index is 760. The lowest BCUT2D eigenvalue weighted by atomic mass is 9.97. The van der Waals surface area contributed by atoms with Crippen LogP contribution in [0.25, 0.3) is 0 Å². The molecule has 138 valence electrons. The number of carbonyl (C=O) groups is 2. The lowest BCUT2D eigenvalue weighted by molar-refractivity contribution is -0.121. The van der Waals surface area contributed by atoms with Gasteiger partial charge in [-0.05, 0) is 30.9 Å². The maximum absolute atomic E-state index is 12.6. The zero-order valence-electron chi connectivity index (χ0n) is 15.1. The first kappa shape index (κ1) is 18.4. The van der Waals surface area contributed by atoms with E-state index in [4.69, 9.17) is 0 Å². The quantitative estimate of drug-likeness (QED) is 0.847. The summed E-state index contributed by atoms with van der Waals surface area (Å²) in [6.45, 7) is 5.29. The van der Waals surface area contributed by atoms with Crippen molar-refractivity contribution in [3.63, 3.8) is 0 Å². The van der Waals surface area contributed by atoms with Gasteiger partial charge in [-0.2, -0.15) is 0 Å². The highest BCUT2D eigenvalue weighted by atomic mass is 32.1. The average Bonchev–Trinajstić information content (AvgIpc) is 3.11. The van der Waals surface area contributed by atoms with Gasteiger partial charge in [-0.1, -0.05) is 32.0 Å². The van der Waals surface area contributed by atoms with Gasteiger partial charge in [-0.3, -0.25) is 4.79 Å². The summed E-state index contributed by atoms with van der Waals surface area (Å²) < 4.78 is 0. The lowest BCUT2D eigenvalue weighted by Crippen LogP contribution is -2.45. The first-order valence-corrected chi connectivity index (χ1v) is 9.72. The van der Waals surface area contributed by atoms with E-state index in [1.807, 2.05) is 36.5 Å². The standard InChI is InChI=1S/C19H24N4O2S/c1-13(2)16-11-20-18(26-16)22-17(24)14-7-6-10-23(12-14)19(25)21-15-8-4-3-5-9-15/h3-5,8-9,11,13-14H,6-7,10,12H2,1-2H3,(H,21,25)(H,20,22,24)/t14-/m1/s1. The molecule has 1 atom stereocenters. The molecule has 3 rings (SSSR count). The maximum atomic E-state index is 12.6. The predicted octanol–water partition coefficient (Wildman–Crippen LogP) is 4.15. The van der Waals surface area contributed by atoms with E-state index in [9.17, 15) is 9.59 Å². The van der Waals surface area contributed by atoms with Gasteiger partial charge in [0.05, 0.1) is 5.92 Å². The molecule has 0 bridgehead atoms. The minimum atomic E-state index is -0.211. The average molecular weight is 372 g/mol. The number of urea groups is 1. The number of nitrogens with zero attached hydrogens (tertiary/aromatic N) is 2. The van der Waals surface area contributed by atoms with Crippen molar-refractivity contribution < 1.29 is 9.59 Å². The third kappa shape index (κ3) is 4.60. The maximum Gasteiger partial charge on any atom is 0.321 e. The second kappa shape index (κ2) is 8.31. The van der Waals surface area contributed by atoms with E-state index >= 15 is 0 Å². The van der Waals surface area contributed by atoms with Gasteiger partial charge in [0.15, 0.2) is 5.13 Å². The third-order valence-electron chi connectivity index (χ3n) is 4.43. The van der Waals surface area contributed by atoms with Crippen molar-refractivity contribution in [1.82, 2.24) is 9.88 Å². The summed E-state index contributed by atoms with van der Waals surface area (Å²) in [6.07, 6.45) is 3.41. The highest BCUT2D eigenvalue weighted by molar-refractivity contribution is 7.15. The molecule has 2 heterocycles. The van der Waals surface area contributed by atoms with Crippen molar-refractivity contribution >= 4 is 34.1 Å². The SMILES string of the molecule is CC(C)c1cnc(NC(=O)[C@@H]2CCCN(C(=O)Nc3ccccc3)C2)s1. The molecule has 1 aliphatic rings. The fourth-order valence-corrected chi connectivity index (χ4v) is 3.74. The second-order valence-electron chi connectivity index (χ2n) is 6.79. The van der Waals surface area contributed by atoms with E-state index < -0.39 is 0 Å². The summed E-state index contributed by atoms with van der Waals surface area (Å²) in [4.78, 5) is 32.1. The number of nitrogens with one attached hydrogen (secondary N) is 2. The summed E-state index contributed by atoms with van der Waals surface area (Å²) >= 11 is 1.51. The molecule has 2 aromatic rings. The van der Waals surface area contributed by atoms with E-state index in [1.165, 1.54) is 11.3 Å². The number of piperidine rings is 1. The molecule has 0 aliphatic carbocycles. The highest BCUT2D eigenvalue weighted by Crippen LogP contribution is 2.26. The van der Waals surface area contributed by atoms with Crippen molar-refractivity contribution in [3.8, 4) is 0 Å². The summed E-state index contributed by atoms with van der Waals surface area (Å²) in [5.74, 6) is 0.119. The van der Waals surface area contributed by atoms with Crippen LogP contribution in [0.4, 0.5) is 15.6 Å². The molecule has 0 radical (unpaired) electrons. The van der Waals surface area contributed by atoms with Crippen LogP contribution >= 0.6 is 11.3 Å². The largest absolute Gasteiger partial charge is 0.324 e. The van der Waals surface area contributed by atoms with Crippen LogP contribution in [0.3, 0.4) is 0 Å². The van der Waals surface area contributed by atoms with E-state index in [0.717, 1.165) is 23.4 Å². The Morgan fingerprint density at radius 3 is 2.69 bits per heavy atom. The van der Waals surface area contributed by atoms with Gasteiger partial charge in [0.2, 0.25) is 5.91 Å². The van der Waals surface area contributed by atoms with Crippen LogP contribution in [0.2, 0.25) is 0 Å². The minimum absolute atomic E-state index is 0.0631. The molecule has 1 saturated heterocycles. The van der Waals surface area contributed by atoms with Crippen LogP contribution in [0, 0.1) is 5.92 Å². The number of rotatable bonds is 4. The normalized spacial score (nSPS) is 17.2. The summed E-state index contributed by atoms with van der Waals surface area (Å²) in [7, 11) is 0. The molecule has 1 aromatic carbocycles. The smallest absolute Gasteiger partial charge is 0.321 e. The Hall–Kier alpha value is -2.41. The van der Waals surface area contributed by atoms with Gasteiger partial charge in [0, 0.05) is 29.9 Å². The van der Waals surface area contributed by atoms with Crippen molar-refractivity contribution in [2.75, 3.05) is 23.7 Å². The van der Waals surface area contributed by atoms with E-state index in [0.29, 0.717) is 24.1 Å². The van der Waals surface area contributed by atoms with Crippen molar-refractivity contribution in [1.29, 1.82) is 0 Å². The lowest BCUT2D eigenvalue weighted by Gasteiger charge is -2.31. The number of anilines is 2. The van der Waals surface area contributed by atoms with Gasteiger partial charge in [0.1, 0.15) is 0 Å². The number of para-hydroxylation sites is 1. The van der Waals surface area contributed by atoms with Crippen LogP contribution in [0.1, 0.15) is 37.5 Å². The molecule has 3 amide bonds. The summed E-state index contributed by atoms with van der Waals surface area (Å²) in [5, 5.41) is 6.42. The zero-order chi connectivity index (χ0) is 18.5. The topological polar surface area (TPSA) is 74.3 Å². The molecule has 26 heavy (non-hydrogen) atoms. The van der Waals surface area contributed by atoms with Crippen LogP contribution in [0.15, 0.2) is 36.5 Å². The van der Waals surface area contributed by atoms with Gasteiger partial charge in [-0.25, -0.2) is 9.78 Å². The Morgan fingerprint density at radius 1 is 1.23 bits per heavy atom.